The number of hydrogen-bond acceptors (Lipinski definition) is 6. The molecule has 5 radical (unpaired) electrons. The summed E-state index contributed by atoms with van der Waals surface area (Å²) in [5, 5.41) is 0. The van der Waals surface area contributed by atoms with Gasteiger partial charge in [-0.3, -0.25) is 0 Å². The summed E-state index contributed by atoms with van der Waals surface area (Å²) < 4.78 is 29.2. The zero-order valence-corrected chi connectivity index (χ0v) is 29.4. The van der Waals surface area contributed by atoms with Gasteiger partial charge in [0, 0.05) is 34.4 Å². The second kappa shape index (κ2) is 26.7. The minimum Gasteiger partial charge on any atom is -0.382 e. The zero-order valence-electron chi connectivity index (χ0n) is 25.7. The van der Waals surface area contributed by atoms with Crippen molar-refractivity contribution < 1.29 is 58.0 Å². The predicted molar refractivity (Wildman–Crippen MR) is 169 cm³/mol. The first-order valence-electron chi connectivity index (χ1n) is 13.6. The van der Waals surface area contributed by atoms with E-state index in [0.29, 0.717) is 52.9 Å². The summed E-state index contributed by atoms with van der Waals surface area (Å²) in [5.74, 6) is 1.39. The fourth-order valence-electron chi connectivity index (χ4n) is 3.56. The Balaban J connectivity index is 0.000000389. The number of benzene rings is 3. The van der Waals surface area contributed by atoms with E-state index in [1.807, 2.05) is 0 Å². The smallest absolute Gasteiger partial charge is 0.382 e. The molecule has 42 heavy (non-hydrogen) atoms. The summed E-state index contributed by atoms with van der Waals surface area (Å²) in [7, 11) is 9.33. The van der Waals surface area contributed by atoms with Gasteiger partial charge in [0.2, 0.25) is 0 Å². The molecule has 221 valence electrons. The van der Waals surface area contributed by atoms with Crippen LogP contribution in [0.25, 0.3) is 0 Å². The van der Waals surface area contributed by atoms with Gasteiger partial charge >= 0.3 is 29.6 Å². The van der Waals surface area contributed by atoms with Crippen molar-refractivity contribution in [2.24, 2.45) is 0 Å². The van der Waals surface area contributed by atoms with Crippen LogP contribution in [0.1, 0.15) is 16.7 Å². The Morgan fingerprint density at radius 2 is 0.690 bits per heavy atom. The van der Waals surface area contributed by atoms with Crippen molar-refractivity contribution >= 4 is 16.5 Å². The molecule has 1 saturated heterocycles. The Morgan fingerprint density at radius 1 is 0.405 bits per heavy atom. The van der Waals surface area contributed by atoms with Crippen molar-refractivity contribution in [3.63, 3.8) is 0 Å². The summed E-state index contributed by atoms with van der Waals surface area (Å²) in [4.78, 5) is 0. The minimum absolute atomic E-state index is 0. The van der Waals surface area contributed by atoms with Crippen LogP contribution in [0.15, 0.2) is 91.0 Å². The van der Waals surface area contributed by atoms with Gasteiger partial charge in [0.1, 0.15) is 0 Å². The molecule has 1 aliphatic heterocycles. The van der Waals surface area contributed by atoms with Crippen LogP contribution in [-0.2, 0) is 28.4 Å². The molecular weight excluding hydrogens is 577 g/mol. The molecule has 0 atom stereocenters. The van der Waals surface area contributed by atoms with Gasteiger partial charge in [-0.1, -0.05) is 91.0 Å². The van der Waals surface area contributed by atoms with Crippen LogP contribution >= 0.6 is 16.5 Å². The van der Waals surface area contributed by atoms with Crippen LogP contribution in [0.3, 0.4) is 0 Å². The normalized spacial score (nSPS) is 14.6. The molecule has 0 saturated carbocycles. The molecule has 0 spiro atoms. The van der Waals surface area contributed by atoms with Gasteiger partial charge in [-0.05, 0) is 33.2 Å². The first-order chi connectivity index (χ1) is 20.3. The Bertz CT molecular complexity index is 914. The van der Waals surface area contributed by atoms with Gasteiger partial charge in [0.25, 0.3) is 0 Å². The summed E-state index contributed by atoms with van der Waals surface area (Å²) >= 11 is 0. The van der Waals surface area contributed by atoms with Crippen molar-refractivity contribution in [1.29, 1.82) is 0 Å². The van der Waals surface area contributed by atoms with Crippen LogP contribution in [0.4, 0.5) is 0 Å². The Labute approximate surface area is 279 Å². The molecule has 3 aromatic carbocycles. The number of ether oxygens (including phenoxy) is 6. The topological polar surface area (TPSA) is 55.4 Å². The summed E-state index contributed by atoms with van der Waals surface area (Å²) in [6.45, 7) is 5.24. The summed E-state index contributed by atoms with van der Waals surface area (Å²) in [5.41, 5.74) is 6.82. The van der Waals surface area contributed by atoms with Crippen LogP contribution in [0, 0.1) is 17.2 Å². The average Bonchev–Trinajstić information content (AvgIpc) is 3.48. The quantitative estimate of drug-likeness (QED) is 0.144. The number of rotatable bonds is 15. The van der Waals surface area contributed by atoms with Crippen molar-refractivity contribution in [1.82, 2.24) is 0 Å². The van der Waals surface area contributed by atoms with Gasteiger partial charge in [-0.25, -0.2) is 0 Å². The SMILES string of the molecule is COCCOCCOC.COCCOCCOC.[Na+].c1ccc([C]2[P][P][C](c3ccccc3)[C]2c2ccccc2)cc1. The molecule has 0 unspecified atom stereocenters. The third-order valence-electron chi connectivity index (χ3n) is 5.61. The average molecular weight is 621 g/mol. The molecule has 1 fully saturated rings. The molecule has 0 aliphatic carbocycles. The third kappa shape index (κ3) is 15.8. The van der Waals surface area contributed by atoms with E-state index in [1.54, 1.807) is 28.4 Å². The molecule has 9 heteroatoms. The zero-order chi connectivity index (χ0) is 29.4. The van der Waals surface area contributed by atoms with Gasteiger partial charge < -0.3 is 28.4 Å². The molecule has 6 nitrogen and oxygen atoms in total. The molecule has 4 rings (SSSR count). The van der Waals surface area contributed by atoms with E-state index in [1.165, 1.54) is 50.5 Å². The van der Waals surface area contributed by atoms with E-state index >= 15 is 0 Å². The maximum atomic E-state index is 5.06. The minimum atomic E-state index is 0. The van der Waals surface area contributed by atoms with Crippen LogP contribution in [-0.4, -0.2) is 81.3 Å². The first kappa shape index (κ1) is 39.3. The van der Waals surface area contributed by atoms with Crippen molar-refractivity contribution in [3.05, 3.63) is 125 Å². The number of hydrogen-bond donors (Lipinski definition) is 0. The van der Waals surface area contributed by atoms with E-state index in [4.69, 9.17) is 28.4 Å². The molecular formula is C33H43NaO6P2+. The van der Waals surface area contributed by atoms with Crippen LogP contribution in [0.2, 0.25) is 0 Å². The van der Waals surface area contributed by atoms with Crippen LogP contribution in [0.5, 0.6) is 0 Å². The molecule has 0 N–H and O–H groups in total. The van der Waals surface area contributed by atoms with E-state index in [9.17, 15) is 0 Å². The molecule has 0 bridgehead atoms. The molecule has 3 aromatic rings. The largest absolute Gasteiger partial charge is 1.00 e. The second-order valence-corrected chi connectivity index (χ2v) is 11.1. The number of methoxy groups -OCH3 is 4. The Hall–Kier alpha value is -0.720. The maximum absolute atomic E-state index is 5.06. The van der Waals surface area contributed by atoms with Gasteiger partial charge in [-0.15, -0.1) is 0 Å². The summed E-state index contributed by atoms with van der Waals surface area (Å²) in [6, 6.07) is 32.3. The van der Waals surface area contributed by atoms with Gasteiger partial charge in [0.05, 0.1) is 64.2 Å². The molecule has 1 heterocycles. The van der Waals surface area contributed by atoms with Crippen molar-refractivity contribution in [2.45, 2.75) is 0 Å². The fourth-order valence-corrected chi connectivity index (χ4v) is 6.95. The van der Waals surface area contributed by atoms with Crippen molar-refractivity contribution in [2.75, 3.05) is 81.3 Å². The van der Waals surface area contributed by atoms with E-state index in [0.717, 1.165) is 0 Å². The molecule has 1 aliphatic rings. The predicted octanol–water partition coefficient (Wildman–Crippen LogP) is 4.19. The van der Waals surface area contributed by atoms with Gasteiger partial charge in [0.15, 0.2) is 0 Å². The Morgan fingerprint density at radius 3 is 0.976 bits per heavy atom. The standard InChI is InChI=1S/C21H15P2.2C6H14O3.Na/c1-4-10-16(11-5-1)19-20(17-12-6-2-7-13-17)22-23-21(19)18-14-8-3-9-15-18;2*1-7-3-5-9-6-4-8-2;/h1-15H;2*3-6H2,1-2H3;/q;;;+1. The molecule has 0 amide bonds. The molecule has 0 aromatic heterocycles. The van der Waals surface area contributed by atoms with Crippen molar-refractivity contribution in [3.8, 4) is 0 Å². The second-order valence-electron chi connectivity index (χ2n) is 8.57. The van der Waals surface area contributed by atoms with Gasteiger partial charge in [-0.2, -0.15) is 0 Å². The van der Waals surface area contributed by atoms with E-state index in [-0.39, 0.29) is 29.6 Å². The Kier molecular flexibility index (Phi) is 25.0. The monoisotopic (exact) mass is 620 g/mol. The summed E-state index contributed by atoms with van der Waals surface area (Å²) in [6.07, 6.45) is 0. The third-order valence-corrected chi connectivity index (χ3v) is 8.57. The fraction of sp³-hybridized carbons (Fsp3) is 0.364. The van der Waals surface area contributed by atoms with E-state index < -0.39 is 0 Å². The first-order valence-corrected chi connectivity index (χ1v) is 16.1. The van der Waals surface area contributed by atoms with E-state index in [2.05, 4.69) is 91.0 Å². The van der Waals surface area contributed by atoms with Crippen LogP contribution < -0.4 is 29.6 Å². The maximum Gasteiger partial charge on any atom is 1.00 e.